The Morgan fingerprint density at radius 3 is 3.06 bits per heavy atom. The van der Waals surface area contributed by atoms with Crippen molar-refractivity contribution in [1.82, 2.24) is 14.5 Å². The average Bonchev–Trinajstić information content (AvgIpc) is 3.01. The summed E-state index contributed by atoms with van der Waals surface area (Å²) in [6.07, 6.45) is 8.24. The van der Waals surface area contributed by atoms with E-state index in [2.05, 4.69) is 21.0 Å². The highest BCUT2D eigenvalue weighted by Crippen LogP contribution is 2.35. The molecule has 1 aliphatic rings. The molecule has 1 aliphatic carbocycles. The van der Waals surface area contributed by atoms with Crippen molar-refractivity contribution in [1.29, 1.82) is 0 Å². The van der Waals surface area contributed by atoms with E-state index in [0.29, 0.717) is 12.6 Å². The summed E-state index contributed by atoms with van der Waals surface area (Å²) in [7, 11) is 0. The van der Waals surface area contributed by atoms with Crippen molar-refractivity contribution in [2.45, 2.75) is 25.4 Å². The number of aromatic nitrogens is 2. The molecule has 0 spiro atoms. The highest BCUT2D eigenvalue weighted by atomic mass is 16.3. The summed E-state index contributed by atoms with van der Waals surface area (Å²) in [5.41, 5.74) is 1.23. The standard InChI is InChI=1S/C12H19N3O/c1-2-5-14(6-7-16)9-12-8-13-10-15(12)11-3-4-11/h2,8,10-11,16H,1,3-7,9H2. The molecule has 0 unspecified atom stereocenters. The van der Waals surface area contributed by atoms with Gasteiger partial charge < -0.3 is 9.67 Å². The molecule has 1 N–H and O–H groups in total. The topological polar surface area (TPSA) is 41.3 Å². The van der Waals surface area contributed by atoms with Crippen molar-refractivity contribution < 1.29 is 5.11 Å². The number of aliphatic hydroxyl groups excluding tert-OH is 1. The van der Waals surface area contributed by atoms with Gasteiger partial charge in [0.2, 0.25) is 0 Å². The van der Waals surface area contributed by atoms with E-state index in [-0.39, 0.29) is 6.61 Å². The molecule has 0 aliphatic heterocycles. The molecule has 0 bridgehead atoms. The Morgan fingerprint density at radius 1 is 1.62 bits per heavy atom. The molecule has 1 saturated carbocycles. The molecule has 4 nitrogen and oxygen atoms in total. The summed E-state index contributed by atoms with van der Waals surface area (Å²) in [4.78, 5) is 6.37. The maximum Gasteiger partial charge on any atom is 0.0951 e. The third-order valence-corrected chi connectivity index (χ3v) is 2.88. The van der Waals surface area contributed by atoms with Crippen molar-refractivity contribution in [3.05, 3.63) is 30.9 Å². The first-order valence-corrected chi connectivity index (χ1v) is 5.80. The summed E-state index contributed by atoms with van der Waals surface area (Å²) in [5.74, 6) is 0. The predicted octanol–water partition coefficient (Wildman–Crippen LogP) is 1.20. The van der Waals surface area contributed by atoms with Gasteiger partial charge in [-0.15, -0.1) is 6.58 Å². The summed E-state index contributed by atoms with van der Waals surface area (Å²) in [5, 5.41) is 8.98. The second-order valence-electron chi connectivity index (χ2n) is 4.27. The zero-order valence-electron chi connectivity index (χ0n) is 9.55. The minimum Gasteiger partial charge on any atom is -0.395 e. The van der Waals surface area contributed by atoms with E-state index < -0.39 is 0 Å². The fourth-order valence-corrected chi connectivity index (χ4v) is 1.92. The Kier molecular flexibility index (Phi) is 3.74. The third-order valence-electron chi connectivity index (χ3n) is 2.88. The van der Waals surface area contributed by atoms with Crippen LogP contribution in [0.15, 0.2) is 25.2 Å². The van der Waals surface area contributed by atoms with Gasteiger partial charge in [0.15, 0.2) is 0 Å². The molecular weight excluding hydrogens is 202 g/mol. The summed E-state index contributed by atoms with van der Waals surface area (Å²) in [6, 6.07) is 0.664. The minimum atomic E-state index is 0.186. The molecule has 16 heavy (non-hydrogen) atoms. The largest absolute Gasteiger partial charge is 0.395 e. The average molecular weight is 221 g/mol. The Bertz CT molecular complexity index is 344. The Balaban J connectivity index is 1.99. The normalized spacial score (nSPS) is 15.6. The first-order valence-electron chi connectivity index (χ1n) is 5.80. The minimum absolute atomic E-state index is 0.186. The van der Waals surface area contributed by atoms with Gasteiger partial charge in [-0.05, 0) is 12.8 Å². The molecule has 2 rings (SSSR count). The molecule has 0 saturated heterocycles. The monoisotopic (exact) mass is 221 g/mol. The zero-order chi connectivity index (χ0) is 11.4. The van der Waals surface area contributed by atoms with Crippen molar-refractivity contribution >= 4 is 0 Å². The van der Waals surface area contributed by atoms with E-state index in [0.717, 1.165) is 13.1 Å². The van der Waals surface area contributed by atoms with Crippen LogP contribution in [0.3, 0.4) is 0 Å². The first-order chi connectivity index (χ1) is 7.85. The van der Waals surface area contributed by atoms with Gasteiger partial charge in [0, 0.05) is 31.9 Å². The number of rotatable bonds is 7. The van der Waals surface area contributed by atoms with Crippen molar-refractivity contribution in [3.63, 3.8) is 0 Å². The van der Waals surface area contributed by atoms with Gasteiger partial charge in [0.25, 0.3) is 0 Å². The number of aliphatic hydroxyl groups is 1. The molecule has 1 heterocycles. The molecule has 0 amide bonds. The zero-order valence-corrected chi connectivity index (χ0v) is 9.55. The van der Waals surface area contributed by atoms with Crippen molar-refractivity contribution in [2.24, 2.45) is 0 Å². The maximum atomic E-state index is 8.98. The fourth-order valence-electron chi connectivity index (χ4n) is 1.92. The maximum absolute atomic E-state index is 8.98. The fraction of sp³-hybridized carbons (Fsp3) is 0.583. The predicted molar refractivity (Wildman–Crippen MR) is 63.1 cm³/mol. The summed E-state index contributed by atoms with van der Waals surface area (Å²) >= 11 is 0. The molecule has 0 radical (unpaired) electrons. The highest BCUT2D eigenvalue weighted by molar-refractivity contribution is 5.03. The van der Waals surface area contributed by atoms with E-state index in [1.165, 1.54) is 18.5 Å². The van der Waals surface area contributed by atoms with Crippen LogP contribution >= 0.6 is 0 Å². The van der Waals surface area contributed by atoms with Gasteiger partial charge in [0.1, 0.15) is 0 Å². The lowest BCUT2D eigenvalue weighted by Crippen LogP contribution is -2.27. The molecule has 0 aromatic carbocycles. The number of imidazole rings is 1. The number of hydrogen-bond acceptors (Lipinski definition) is 3. The van der Waals surface area contributed by atoms with E-state index in [4.69, 9.17) is 5.11 Å². The molecular formula is C12H19N3O. The lowest BCUT2D eigenvalue weighted by Gasteiger charge is -2.20. The van der Waals surface area contributed by atoms with Crippen LogP contribution in [0.4, 0.5) is 0 Å². The van der Waals surface area contributed by atoms with Gasteiger partial charge >= 0.3 is 0 Å². The number of nitrogens with zero attached hydrogens (tertiary/aromatic N) is 3. The highest BCUT2D eigenvalue weighted by Gasteiger charge is 2.25. The quantitative estimate of drug-likeness (QED) is 0.703. The van der Waals surface area contributed by atoms with Crippen LogP contribution in [-0.4, -0.2) is 39.3 Å². The van der Waals surface area contributed by atoms with E-state index >= 15 is 0 Å². The van der Waals surface area contributed by atoms with Gasteiger partial charge in [-0.25, -0.2) is 4.98 Å². The molecule has 88 valence electrons. The lowest BCUT2D eigenvalue weighted by atomic mass is 10.3. The molecule has 4 heteroatoms. The summed E-state index contributed by atoms with van der Waals surface area (Å²) < 4.78 is 2.26. The third kappa shape index (κ3) is 2.71. The second kappa shape index (κ2) is 5.27. The van der Waals surface area contributed by atoms with E-state index in [9.17, 15) is 0 Å². The molecule has 0 atom stereocenters. The van der Waals surface area contributed by atoms with Crippen LogP contribution in [-0.2, 0) is 6.54 Å². The second-order valence-corrected chi connectivity index (χ2v) is 4.27. The van der Waals surface area contributed by atoms with Crippen molar-refractivity contribution in [3.8, 4) is 0 Å². The molecule has 1 aromatic heterocycles. The SMILES string of the molecule is C=CCN(CCO)Cc1cncn1C1CC1. The smallest absolute Gasteiger partial charge is 0.0951 e. The van der Waals surface area contributed by atoms with Crippen LogP contribution in [0.5, 0.6) is 0 Å². The molecule has 1 fully saturated rings. The van der Waals surface area contributed by atoms with Crippen LogP contribution < -0.4 is 0 Å². The Hall–Kier alpha value is -1.13. The van der Waals surface area contributed by atoms with Gasteiger partial charge in [-0.1, -0.05) is 6.08 Å². The Labute approximate surface area is 96.2 Å². The van der Waals surface area contributed by atoms with Gasteiger partial charge in [-0.2, -0.15) is 0 Å². The Morgan fingerprint density at radius 2 is 2.44 bits per heavy atom. The van der Waals surface area contributed by atoms with E-state index in [1.807, 2.05) is 18.6 Å². The van der Waals surface area contributed by atoms with Gasteiger partial charge in [-0.3, -0.25) is 4.90 Å². The van der Waals surface area contributed by atoms with Crippen molar-refractivity contribution in [2.75, 3.05) is 19.7 Å². The lowest BCUT2D eigenvalue weighted by molar-refractivity contribution is 0.200. The molecule has 1 aromatic rings. The van der Waals surface area contributed by atoms with Gasteiger partial charge in [0.05, 0.1) is 18.6 Å². The van der Waals surface area contributed by atoms with Crippen LogP contribution in [0.2, 0.25) is 0 Å². The van der Waals surface area contributed by atoms with Crippen LogP contribution in [0.1, 0.15) is 24.6 Å². The number of hydrogen-bond donors (Lipinski definition) is 1. The van der Waals surface area contributed by atoms with Crippen LogP contribution in [0, 0.1) is 0 Å². The van der Waals surface area contributed by atoms with Crippen LogP contribution in [0.25, 0.3) is 0 Å². The first kappa shape index (κ1) is 11.4. The summed E-state index contributed by atoms with van der Waals surface area (Å²) in [6.45, 7) is 6.24. The van der Waals surface area contributed by atoms with E-state index in [1.54, 1.807) is 0 Å².